The van der Waals surface area contributed by atoms with E-state index in [1.807, 2.05) is 21.9 Å². The van der Waals surface area contributed by atoms with Crippen LogP contribution < -0.4 is 0 Å². The minimum absolute atomic E-state index is 0.191. The lowest BCUT2D eigenvalue weighted by Crippen LogP contribution is -2.64. The molecule has 0 saturated carbocycles. The van der Waals surface area contributed by atoms with Gasteiger partial charge in [-0.05, 0) is 44.4 Å². The van der Waals surface area contributed by atoms with Crippen LogP contribution in [0.1, 0.15) is 38.3 Å². The number of benzene rings is 1. The summed E-state index contributed by atoms with van der Waals surface area (Å²) in [5, 5.41) is 0.786. The monoisotopic (exact) mass is 391 g/mol. The number of morpholine rings is 1. The second-order valence-corrected chi connectivity index (χ2v) is 8.89. The standard InChI is InChI=1S/C21H30ClN3O2/c1-16(2)25-15-21(19(25)17-3-5-18(22)6-4-17)7-9-23(10-8-21)20(26)24-11-13-27-14-12-24/h3-6,16,19H,7-15H2,1-2H3. The maximum absolute atomic E-state index is 12.8. The Morgan fingerprint density at radius 1 is 1.07 bits per heavy atom. The van der Waals surface area contributed by atoms with Crippen LogP contribution in [0, 0.1) is 5.41 Å². The van der Waals surface area contributed by atoms with E-state index in [0.717, 1.165) is 50.6 Å². The number of piperidine rings is 1. The van der Waals surface area contributed by atoms with Crippen LogP contribution in [-0.2, 0) is 4.74 Å². The highest BCUT2D eigenvalue weighted by molar-refractivity contribution is 6.30. The molecule has 0 aromatic heterocycles. The summed E-state index contributed by atoms with van der Waals surface area (Å²) in [6.45, 7) is 10.1. The third-order valence-corrected chi connectivity index (χ3v) is 6.82. The number of rotatable bonds is 2. The first-order valence-corrected chi connectivity index (χ1v) is 10.5. The van der Waals surface area contributed by atoms with Crippen LogP contribution in [0.3, 0.4) is 0 Å². The van der Waals surface area contributed by atoms with Gasteiger partial charge < -0.3 is 14.5 Å². The zero-order valence-electron chi connectivity index (χ0n) is 16.4. The van der Waals surface area contributed by atoms with Gasteiger partial charge in [0.25, 0.3) is 0 Å². The molecule has 6 heteroatoms. The number of carbonyl (C=O) groups is 1. The first kappa shape index (κ1) is 19.0. The molecule has 0 bridgehead atoms. The highest BCUT2D eigenvalue weighted by atomic mass is 35.5. The molecule has 0 N–H and O–H groups in total. The van der Waals surface area contributed by atoms with E-state index in [0.29, 0.717) is 25.3 Å². The van der Waals surface area contributed by atoms with E-state index in [9.17, 15) is 4.79 Å². The van der Waals surface area contributed by atoms with Crippen molar-refractivity contribution in [3.05, 3.63) is 34.9 Å². The highest BCUT2D eigenvalue weighted by Crippen LogP contribution is 2.55. The van der Waals surface area contributed by atoms with Gasteiger partial charge in [0.15, 0.2) is 0 Å². The van der Waals surface area contributed by atoms with Gasteiger partial charge in [-0.2, -0.15) is 0 Å². The summed E-state index contributed by atoms with van der Waals surface area (Å²) < 4.78 is 5.38. The molecular formula is C21H30ClN3O2. The molecule has 0 radical (unpaired) electrons. The van der Waals surface area contributed by atoms with E-state index < -0.39 is 0 Å². The first-order chi connectivity index (χ1) is 13.0. The maximum atomic E-state index is 12.8. The second kappa shape index (κ2) is 7.61. The van der Waals surface area contributed by atoms with Gasteiger partial charge in [-0.25, -0.2) is 4.79 Å². The Morgan fingerprint density at radius 3 is 2.26 bits per heavy atom. The first-order valence-electron chi connectivity index (χ1n) is 10.1. The predicted molar refractivity (Wildman–Crippen MR) is 107 cm³/mol. The lowest BCUT2D eigenvalue weighted by molar-refractivity contribution is -0.124. The van der Waals surface area contributed by atoms with Gasteiger partial charge >= 0.3 is 6.03 Å². The smallest absolute Gasteiger partial charge is 0.320 e. The van der Waals surface area contributed by atoms with E-state index in [1.165, 1.54) is 5.56 Å². The van der Waals surface area contributed by atoms with Crippen molar-refractivity contribution in [1.82, 2.24) is 14.7 Å². The van der Waals surface area contributed by atoms with Crippen molar-refractivity contribution in [3.8, 4) is 0 Å². The topological polar surface area (TPSA) is 36.0 Å². The van der Waals surface area contributed by atoms with Gasteiger partial charge in [-0.3, -0.25) is 4.90 Å². The summed E-state index contributed by atoms with van der Waals surface area (Å²) >= 11 is 6.11. The van der Waals surface area contributed by atoms with Crippen molar-refractivity contribution in [2.75, 3.05) is 45.9 Å². The van der Waals surface area contributed by atoms with E-state index in [-0.39, 0.29) is 11.4 Å². The van der Waals surface area contributed by atoms with Crippen LogP contribution in [0.5, 0.6) is 0 Å². The summed E-state index contributed by atoms with van der Waals surface area (Å²) in [6.07, 6.45) is 2.14. The predicted octanol–water partition coefficient (Wildman–Crippen LogP) is 3.64. The van der Waals surface area contributed by atoms with Gasteiger partial charge in [0.05, 0.1) is 13.2 Å². The highest BCUT2D eigenvalue weighted by Gasteiger charge is 2.54. The molecule has 1 aromatic carbocycles. The zero-order valence-corrected chi connectivity index (χ0v) is 17.1. The Hall–Kier alpha value is -1.30. The van der Waals surface area contributed by atoms with Crippen LogP contribution in [-0.4, -0.2) is 72.7 Å². The molecule has 3 fully saturated rings. The molecule has 5 nitrogen and oxygen atoms in total. The molecule has 3 aliphatic rings. The number of hydrogen-bond donors (Lipinski definition) is 0. The Bertz CT molecular complexity index is 665. The normalized spacial score (nSPS) is 25.7. The minimum Gasteiger partial charge on any atom is -0.378 e. The average Bonchev–Trinajstić information content (AvgIpc) is 2.68. The molecule has 0 aliphatic carbocycles. The molecule has 148 valence electrons. The number of ether oxygens (including phenoxy) is 1. The van der Waals surface area contributed by atoms with Crippen molar-refractivity contribution in [1.29, 1.82) is 0 Å². The Labute approximate surface area is 167 Å². The largest absolute Gasteiger partial charge is 0.378 e. The van der Waals surface area contributed by atoms with E-state index in [4.69, 9.17) is 16.3 Å². The molecule has 1 spiro atoms. The van der Waals surface area contributed by atoms with Crippen LogP contribution in [0.4, 0.5) is 4.79 Å². The average molecular weight is 392 g/mol. The van der Waals surface area contributed by atoms with Crippen molar-refractivity contribution < 1.29 is 9.53 Å². The number of amides is 2. The molecule has 1 atom stereocenters. The zero-order chi connectivity index (χ0) is 19.0. The fourth-order valence-corrected chi connectivity index (χ4v) is 5.11. The fourth-order valence-electron chi connectivity index (χ4n) is 4.98. The van der Waals surface area contributed by atoms with Gasteiger partial charge in [-0.15, -0.1) is 0 Å². The molecule has 4 rings (SSSR count). The molecule has 3 heterocycles. The van der Waals surface area contributed by atoms with Gasteiger partial charge in [0, 0.05) is 55.2 Å². The number of carbonyl (C=O) groups excluding carboxylic acids is 1. The van der Waals surface area contributed by atoms with Gasteiger partial charge in [0.1, 0.15) is 0 Å². The summed E-state index contributed by atoms with van der Waals surface area (Å²) in [6, 6.07) is 9.48. The van der Waals surface area contributed by atoms with Crippen LogP contribution >= 0.6 is 11.6 Å². The van der Waals surface area contributed by atoms with Crippen molar-refractivity contribution >= 4 is 17.6 Å². The summed E-state index contributed by atoms with van der Waals surface area (Å²) in [5.74, 6) is 0. The maximum Gasteiger partial charge on any atom is 0.320 e. The molecule has 1 unspecified atom stereocenters. The summed E-state index contributed by atoms with van der Waals surface area (Å²) in [5.41, 5.74) is 1.63. The molecule has 27 heavy (non-hydrogen) atoms. The van der Waals surface area contributed by atoms with E-state index in [2.05, 4.69) is 30.9 Å². The SMILES string of the molecule is CC(C)N1CC2(CCN(C(=O)N3CCOCC3)CC2)C1c1ccc(Cl)cc1. The van der Waals surface area contributed by atoms with E-state index >= 15 is 0 Å². The molecule has 2 amide bonds. The number of nitrogens with zero attached hydrogens (tertiary/aromatic N) is 3. The Kier molecular flexibility index (Phi) is 5.36. The van der Waals surface area contributed by atoms with Crippen molar-refractivity contribution in [2.45, 2.75) is 38.8 Å². The fraction of sp³-hybridized carbons (Fsp3) is 0.667. The van der Waals surface area contributed by atoms with Gasteiger partial charge in [0.2, 0.25) is 0 Å². The Morgan fingerprint density at radius 2 is 1.67 bits per heavy atom. The second-order valence-electron chi connectivity index (χ2n) is 8.45. The number of hydrogen-bond acceptors (Lipinski definition) is 3. The third kappa shape index (κ3) is 3.57. The van der Waals surface area contributed by atoms with Crippen molar-refractivity contribution in [2.24, 2.45) is 5.41 Å². The minimum atomic E-state index is 0.191. The summed E-state index contributed by atoms with van der Waals surface area (Å²) in [4.78, 5) is 19.4. The molecule has 3 aliphatic heterocycles. The van der Waals surface area contributed by atoms with E-state index in [1.54, 1.807) is 0 Å². The lowest BCUT2D eigenvalue weighted by atomic mass is 9.62. The third-order valence-electron chi connectivity index (χ3n) is 6.57. The lowest BCUT2D eigenvalue weighted by Gasteiger charge is -2.62. The summed E-state index contributed by atoms with van der Waals surface area (Å²) in [7, 11) is 0. The van der Waals surface area contributed by atoms with Crippen LogP contribution in [0.2, 0.25) is 5.02 Å². The van der Waals surface area contributed by atoms with Crippen LogP contribution in [0.25, 0.3) is 0 Å². The van der Waals surface area contributed by atoms with Gasteiger partial charge in [-0.1, -0.05) is 23.7 Å². The molecule has 1 aromatic rings. The number of likely N-dealkylation sites (tertiary alicyclic amines) is 2. The molecule has 3 saturated heterocycles. The molecular weight excluding hydrogens is 362 g/mol. The quantitative estimate of drug-likeness (QED) is 0.772. The Balaban J connectivity index is 1.45. The number of urea groups is 1. The van der Waals surface area contributed by atoms with Crippen molar-refractivity contribution in [3.63, 3.8) is 0 Å². The number of halogens is 1. The van der Waals surface area contributed by atoms with Crippen LogP contribution in [0.15, 0.2) is 24.3 Å².